The van der Waals surface area contributed by atoms with E-state index in [1.807, 2.05) is 6.92 Å². The second kappa shape index (κ2) is 33.2. The van der Waals surface area contributed by atoms with Gasteiger partial charge in [0.2, 0.25) is 0 Å². The minimum Gasteiger partial charge on any atom is -0.396 e. The van der Waals surface area contributed by atoms with Crippen LogP contribution >= 0.6 is 0 Å². The Morgan fingerprint density at radius 2 is 0.667 bits per heavy atom. The number of unbranched alkanes of at least 4 members (excludes halogenated alkanes) is 4. The molecule has 0 fully saturated rings. The summed E-state index contributed by atoms with van der Waals surface area (Å²) < 4.78 is 0. The summed E-state index contributed by atoms with van der Waals surface area (Å²) in [5.74, 6) is 0. The highest BCUT2D eigenvalue weighted by atomic mass is 16.3. The molecular formula is C18H44O9. The van der Waals surface area contributed by atoms with Crippen LogP contribution in [0.3, 0.4) is 0 Å². The van der Waals surface area contributed by atoms with Gasteiger partial charge in [-0.25, -0.2) is 0 Å². The van der Waals surface area contributed by atoms with Gasteiger partial charge in [-0.1, -0.05) is 19.8 Å². The summed E-state index contributed by atoms with van der Waals surface area (Å²) in [4.78, 5) is 0. The van der Waals surface area contributed by atoms with Gasteiger partial charge in [0.1, 0.15) is 0 Å². The van der Waals surface area contributed by atoms with Crippen molar-refractivity contribution in [1.29, 1.82) is 0 Å². The van der Waals surface area contributed by atoms with Crippen molar-refractivity contribution in [3.05, 3.63) is 0 Å². The summed E-state index contributed by atoms with van der Waals surface area (Å²) in [6, 6.07) is 0. The van der Waals surface area contributed by atoms with Gasteiger partial charge in [-0.3, -0.25) is 0 Å². The van der Waals surface area contributed by atoms with Gasteiger partial charge in [0, 0.05) is 31.8 Å². The molecule has 0 spiro atoms. The molecule has 0 bridgehead atoms. The van der Waals surface area contributed by atoms with E-state index in [4.69, 9.17) is 46.0 Å². The molecule has 0 radical (unpaired) electrons. The first-order valence-electron chi connectivity index (χ1n) is 9.47. The van der Waals surface area contributed by atoms with Crippen LogP contribution in [0.15, 0.2) is 0 Å². The molecule has 170 valence electrons. The predicted octanol–water partition coefficient (Wildman–Crippen LogP) is -1.39. The van der Waals surface area contributed by atoms with Gasteiger partial charge in [-0.05, 0) is 32.1 Å². The summed E-state index contributed by atoms with van der Waals surface area (Å²) in [6.07, 6.45) is 5.86. The SMILES string of the molecule is CCC(CO)(CO)CO.OCCCCCCO.OCCCCO.OCCO. The van der Waals surface area contributed by atoms with Crippen LogP contribution in [-0.4, -0.2) is 105 Å². The fourth-order valence-corrected chi connectivity index (χ4v) is 1.29. The van der Waals surface area contributed by atoms with E-state index in [1.54, 1.807) is 0 Å². The third kappa shape index (κ3) is 33.6. The van der Waals surface area contributed by atoms with Crippen LogP contribution in [0.25, 0.3) is 0 Å². The van der Waals surface area contributed by atoms with Crippen LogP contribution in [0, 0.1) is 5.41 Å². The van der Waals surface area contributed by atoms with Crippen molar-refractivity contribution in [3.63, 3.8) is 0 Å². The third-order valence-corrected chi connectivity index (χ3v) is 3.49. The monoisotopic (exact) mass is 404 g/mol. The quantitative estimate of drug-likeness (QED) is 0.167. The summed E-state index contributed by atoms with van der Waals surface area (Å²) in [5, 5.41) is 74.0. The molecule has 0 aromatic rings. The lowest BCUT2D eigenvalue weighted by Gasteiger charge is -2.24. The molecule has 9 nitrogen and oxygen atoms in total. The standard InChI is InChI=1S/C6H14O3.C6H14O2.C4H10O2.C2H6O2/c1-2-6(3-7,4-8)5-9;7-5-3-1-2-4-6-8;5-3-1-2-4-6;3-1-2-4/h7-9H,2-5H2,1H3;7-8H,1-6H2;5-6H,1-4H2;3-4H,1-2H2. The van der Waals surface area contributed by atoms with Crippen molar-refractivity contribution in [2.45, 2.75) is 51.9 Å². The Labute approximate surface area is 163 Å². The molecule has 0 amide bonds. The van der Waals surface area contributed by atoms with Crippen molar-refractivity contribution >= 4 is 0 Å². The zero-order valence-corrected chi connectivity index (χ0v) is 16.8. The van der Waals surface area contributed by atoms with Crippen molar-refractivity contribution in [3.8, 4) is 0 Å². The minimum absolute atomic E-state index is 0.125. The number of rotatable bonds is 13. The minimum atomic E-state index is -0.667. The highest BCUT2D eigenvalue weighted by Crippen LogP contribution is 2.18. The maximum Gasteiger partial charge on any atom is 0.0662 e. The van der Waals surface area contributed by atoms with Gasteiger partial charge < -0.3 is 46.0 Å². The van der Waals surface area contributed by atoms with Crippen molar-refractivity contribution in [2.75, 3.05) is 59.5 Å². The number of aliphatic hydroxyl groups excluding tert-OH is 9. The van der Waals surface area contributed by atoms with Gasteiger partial charge in [-0.2, -0.15) is 0 Å². The average molecular weight is 405 g/mol. The number of hydrogen-bond acceptors (Lipinski definition) is 9. The third-order valence-electron chi connectivity index (χ3n) is 3.49. The molecule has 0 aromatic heterocycles. The molecule has 0 atom stereocenters. The van der Waals surface area contributed by atoms with Crippen LogP contribution in [0.1, 0.15) is 51.9 Å². The van der Waals surface area contributed by atoms with E-state index in [2.05, 4.69) is 0 Å². The fraction of sp³-hybridized carbons (Fsp3) is 1.00. The van der Waals surface area contributed by atoms with E-state index < -0.39 is 5.41 Å². The Bertz CT molecular complexity index is 185. The Morgan fingerprint density at radius 1 is 0.407 bits per heavy atom. The predicted molar refractivity (Wildman–Crippen MR) is 104 cm³/mol. The maximum absolute atomic E-state index is 8.66. The summed E-state index contributed by atoms with van der Waals surface area (Å²) in [6.45, 7) is 2.06. The first-order chi connectivity index (χ1) is 13.0. The molecule has 0 aliphatic rings. The van der Waals surface area contributed by atoms with Crippen LogP contribution in [0.4, 0.5) is 0 Å². The fourth-order valence-electron chi connectivity index (χ4n) is 1.29. The zero-order valence-electron chi connectivity index (χ0n) is 16.8. The maximum atomic E-state index is 8.66. The van der Waals surface area contributed by atoms with E-state index in [-0.39, 0.29) is 59.5 Å². The second-order valence-corrected chi connectivity index (χ2v) is 5.79. The molecule has 0 rings (SSSR count). The lowest BCUT2D eigenvalue weighted by molar-refractivity contribution is 0.00304. The van der Waals surface area contributed by atoms with Gasteiger partial charge >= 0.3 is 0 Å². The van der Waals surface area contributed by atoms with Crippen LogP contribution in [0.5, 0.6) is 0 Å². The van der Waals surface area contributed by atoms with E-state index >= 15 is 0 Å². The van der Waals surface area contributed by atoms with Gasteiger partial charge in [0.05, 0.1) is 33.0 Å². The molecule has 27 heavy (non-hydrogen) atoms. The molecular weight excluding hydrogens is 360 g/mol. The molecule has 0 aliphatic heterocycles. The summed E-state index contributed by atoms with van der Waals surface area (Å²) in [7, 11) is 0. The molecule has 0 heterocycles. The summed E-state index contributed by atoms with van der Waals surface area (Å²) in [5.41, 5.74) is -0.667. The topological polar surface area (TPSA) is 182 Å². The Morgan fingerprint density at radius 3 is 0.778 bits per heavy atom. The Hall–Kier alpha value is -0.360. The lowest BCUT2D eigenvalue weighted by atomic mass is 9.88. The highest BCUT2D eigenvalue weighted by Gasteiger charge is 2.24. The molecule has 0 saturated heterocycles. The summed E-state index contributed by atoms with van der Waals surface area (Å²) >= 11 is 0. The van der Waals surface area contributed by atoms with Crippen molar-refractivity contribution < 1.29 is 46.0 Å². The first kappa shape index (κ1) is 34.2. The van der Waals surface area contributed by atoms with E-state index in [0.717, 1.165) is 38.5 Å². The first-order valence-corrected chi connectivity index (χ1v) is 9.47. The number of aliphatic hydroxyl groups is 9. The Balaban J connectivity index is -0.000000136. The molecule has 9 N–H and O–H groups in total. The van der Waals surface area contributed by atoms with Gasteiger partial charge in [-0.15, -0.1) is 0 Å². The largest absolute Gasteiger partial charge is 0.396 e. The van der Waals surface area contributed by atoms with Crippen LogP contribution in [0.2, 0.25) is 0 Å². The molecule has 0 aromatic carbocycles. The smallest absolute Gasteiger partial charge is 0.0662 e. The average Bonchev–Trinajstić information content (AvgIpc) is 2.73. The van der Waals surface area contributed by atoms with Crippen molar-refractivity contribution in [2.24, 2.45) is 5.41 Å². The van der Waals surface area contributed by atoms with Gasteiger partial charge in [0.25, 0.3) is 0 Å². The van der Waals surface area contributed by atoms with Crippen molar-refractivity contribution in [1.82, 2.24) is 0 Å². The lowest BCUT2D eigenvalue weighted by Crippen LogP contribution is -2.32. The number of hydrogen-bond donors (Lipinski definition) is 9. The molecule has 0 saturated carbocycles. The van der Waals surface area contributed by atoms with E-state index in [0.29, 0.717) is 6.42 Å². The molecule has 9 heteroatoms. The highest BCUT2D eigenvalue weighted by molar-refractivity contribution is 4.74. The van der Waals surface area contributed by atoms with Gasteiger partial charge in [0.15, 0.2) is 0 Å². The molecule has 0 aliphatic carbocycles. The van der Waals surface area contributed by atoms with Crippen LogP contribution < -0.4 is 0 Å². The van der Waals surface area contributed by atoms with E-state index in [1.165, 1.54) is 0 Å². The Kier molecular flexibility index (Phi) is 42.1. The van der Waals surface area contributed by atoms with E-state index in [9.17, 15) is 0 Å². The second-order valence-electron chi connectivity index (χ2n) is 5.79. The van der Waals surface area contributed by atoms with Crippen LogP contribution in [-0.2, 0) is 0 Å². The normalized spacial score (nSPS) is 10.0. The zero-order chi connectivity index (χ0) is 21.8. The molecule has 0 unspecified atom stereocenters.